The van der Waals surface area contributed by atoms with Crippen LogP contribution in [0.4, 0.5) is 0 Å². The molecule has 2 amide bonds. The van der Waals surface area contributed by atoms with Crippen LogP contribution in [0.15, 0.2) is 24.3 Å². The molecule has 0 aliphatic carbocycles. The third kappa shape index (κ3) is 9.26. The normalized spacial score (nSPS) is 12.4. The fraction of sp³-hybridized carbons (Fsp3) is 0.500. The summed E-state index contributed by atoms with van der Waals surface area (Å²) in [5.41, 5.74) is 4.13. The van der Waals surface area contributed by atoms with Crippen LogP contribution in [-0.2, 0) is 23.9 Å². The van der Waals surface area contributed by atoms with Crippen molar-refractivity contribution in [2.75, 3.05) is 13.2 Å². The molecular weight excluding hydrogens is 330 g/mol. The average molecular weight is 355 g/mol. The van der Waals surface area contributed by atoms with Gasteiger partial charge in [-0.05, 0) is 20.3 Å². The zero-order chi connectivity index (χ0) is 19.6. The number of esters is 1. The van der Waals surface area contributed by atoms with Gasteiger partial charge in [-0.1, -0.05) is 13.2 Å². The highest BCUT2D eigenvalue weighted by Crippen LogP contribution is 1.97. The van der Waals surface area contributed by atoms with E-state index < -0.39 is 35.8 Å². The third-order valence-corrected chi connectivity index (χ3v) is 3.13. The van der Waals surface area contributed by atoms with Crippen molar-refractivity contribution in [2.24, 2.45) is 0 Å². The van der Waals surface area contributed by atoms with Gasteiger partial charge in [0.2, 0.25) is 5.91 Å². The Hall–Kier alpha value is -2.68. The number of rotatable bonds is 11. The Bertz CT molecular complexity index is 558. The average Bonchev–Trinajstić information content (AvgIpc) is 2.52. The van der Waals surface area contributed by atoms with Crippen LogP contribution in [0.25, 0.3) is 0 Å². The molecule has 0 heterocycles. The topological polar surface area (TPSA) is 152 Å². The summed E-state index contributed by atoms with van der Waals surface area (Å²) in [5.74, 6) is -3.07. The summed E-state index contributed by atoms with van der Waals surface area (Å²) in [6.45, 7) is 9.87. The van der Waals surface area contributed by atoms with Crippen molar-refractivity contribution < 1.29 is 34.8 Å². The fourth-order valence-electron chi connectivity index (χ4n) is 1.57. The first-order chi connectivity index (χ1) is 11.6. The maximum absolute atomic E-state index is 11.9. The van der Waals surface area contributed by atoms with Gasteiger partial charge in [0.25, 0.3) is 5.91 Å². The molecule has 0 fully saturated rings. The number of aliphatic carboxylic acids is 1. The highest BCUT2D eigenvalue weighted by atomic mass is 16.5. The minimum atomic E-state index is -1.47. The van der Waals surface area contributed by atoms with E-state index in [0.29, 0.717) is 0 Å². The van der Waals surface area contributed by atoms with Gasteiger partial charge in [-0.15, -0.1) is 0 Å². The Balaban J connectivity index is 4.36. The third-order valence-electron chi connectivity index (χ3n) is 3.13. The zero-order valence-electron chi connectivity index (χ0n) is 14.6. The number of hydrogen-bond donors (Lipinski definition) is 3. The van der Waals surface area contributed by atoms with Crippen molar-refractivity contribution in [3.63, 3.8) is 0 Å². The largest absolute Gasteiger partial charge is 0.548 e. The number of quaternary nitrogens is 1. The summed E-state index contributed by atoms with van der Waals surface area (Å²) < 4.78 is 4.85. The Morgan fingerprint density at radius 2 is 1.72 bits per heavy atom. The number of carboxylic acids is 1. The van der Waals surface area contributed by atoms with Gasteiger partial charge in [0.1, 0.15) is 0 Å². The molecule has 25 heavy (non-hydrogen) atoms. The van der Waals surface area contributed by atoms with E-state index in [0.717, 1.165) is 0 Å². The summed E-state index contributed by atoms with van der Waals surface area (Å²) in [6, 6.07) is -2.09. The summed E-state index contributed by atoms with van der Waals surface area (Å²) in [4.78, 5) is 45.6. The number of carbonyl (C=O) groups is 4. The van der Waals surface area contributed by atoms with Crippen molar-refractivity contribution in [1.82, 2.24) is 10.6 Å². The molecule has 0 aliphatic rings. The second kappa shape index (κ2) is 11.0. The molecule has 0 rings (SSSR count). The van der Waals surface area contributed by atoms with Crippen molar-refractivity contribution >= 4 is 23.8 Å². The van der Waals surface area contributed by atoms with Gasteiger partial charge >= 0.3 is 5.97 Å². The second-order valence-electron chi connectivity index (χ2n) is 5.61. The predicted octanol–water partition coefficient (Wildman–Crippen LogP) is -2.58. The van der Waals surface area contributed by atoms with Gasteiger partial charge in [-0.2, -0.15) is 0 Å². The number of hydrogen-bond acceptors (Lipinski definition) is 6. The molecule has 0 aromatic heterocycles. The Kier molecular flexibility index (Phi) is 9.80. The molecule has 0 aliphatic heterocycles. The summed E-state index contributed by atoms with van der Waals surface area (Å²) in [7, 11) is 0. The monoisotopic (exact) mass is 355 g/mol. The van der Waals surface area contributed by atoms with E-state index in [2.05, 4.69) is 29.5 Å². The lowest BCUT2D eigenvalue weighted by molar-refractivity contribution is -0.406. The highest BCUT2D eigenvalue weighted by molar-refractivity contribution is 5.92. The maximum atomic E-state index is 11.9. The number of ether oxygens (including phenoxy) is 1. The van der Waals surface area contributed by atoms with Gasteiger partial charge in [-0.25, -0.2) is 4.79 Å². The summed E-state index contributed by atoms with van der Waals surface area (Å²) in [5, 5.41) is 15.8. The standard InChI is InChI=1S/C16H25N3O6/c1-9(2)13(20)18-7-5-12(15(22)23)19-14(21)11(17)6-8-25-16(24)10(3)4/h11-12H,1,3,5-8,17H2,2,4H3,(H,18,20)(H,19,21)(H,22,23)/t11-,12-/m0/s1. The smallest absolute Gasteiger partial charge is 0.333 e. The molecule has 0 radical (unpaired) electrons. The lowest BCUT2D eigenvalue weighted by Crippen LogP contribution is -2.69. The van der Waals surface area contributed by atoms with Crippen LogP contribution in [0.5, 0.6) is 0 Å². The van der Waals surface area contributed by atoms with Crippen molar-refractivity contribution in [1.29, 1.82) is 0 Å². The van der Waals surface area contributed by atoms with E-state index in [-0.39, 0.29) is 37.1 Å². The molecule has 140 valence electrons. The summed E-state index contributed by atoms with van der Waals surface area (Å²) >= 11 is 0. The van der Waals surface area contributed by atoms with E-state index in [1.165, 1.54) is 13.8 Å². The quantitative estimate of drug-likeness (QED) is 0.273. The molecule has 0 aromatic rings. The second-order valence-corrected chi connectivity index (χ2v) is 5.61. The minimum Gasteiger partial charge on any atom is -0.548 e. The number of amides is 2. The first kappa shape index (κ1) is 22.3. The Labute approximate surface area is 146 Å². The van der Waals surface area contributed by atoms with Gasteiger partial charge in [0.05, 0.1) is 18.6 Å². The SMILES string of the molecule is C=C(C)C(=O)NCC[C@H](NC(=O)[C@@H]([NH3+])CCOC(=O)C(=C)C)C(=O)[O-]. The van der Waals surface area contributed by atoms with E-state index in [1.807, 2.05) is 0 Å². The number of carboxylic acid groups (broad SMARTS) is 1. The lowest BCUT2D eigenvalue weighted by atomic mass is 10.1. The summed E-state index contributed by atoms with van der Waals surface area (Å²) in [6.07, 6.45) is 0.0709. The van der Waals surface area contributed by atoms with Crippen LogP contribution in [-0.4, -0.2) is 49.0 Å². The molecule has 9 nitrogen and oxygen atoms in total. The Morgan fingerprint density at radius 1 is 1.12 bits per heavy atom. The molecule has 5 N–H and O–H groups in total. The number of carbonyl (C=O) groups excluding carboxylic acids is 4. The van der Waals surface area contributed by atoms with Crippen LogP contribution in [0.1, 0.15) is 26.7 Å². The maximum Gasteiger partial charge on any atom is 0.333 e. The van der Waals surface area contributed by atoms with Crippen molar-refractivity contribution in [3.05, 3.63) is 24.3 Å². The van der Waals surface area contributed by atoms with E-state index in [1.54, 1.807) is 0 Å². The Morgan fingerprint density at radius 3 is 2.20 bits per heavy atom. The minimum absolute atomic E-state index is 0.0304. The van der Waals surface area contributed by atoms with Gasteiger partial charge in [0.15, 0.2) is 6.04 Å². The first-order valence-electron chi connectivity index (χ1n) is 7.66. The van der Waals surface area contributed by atoms with Crippen LogP contribution in [0.2, 0.25) is 0 Å². The molecular formula is C16H25N3O6. The van der Waals surface area contributed by atoms with Gasteiger partial charge < -0.3 is 31.0 Å². The first-order valence-corrected chi connectivity index (χ1v) is 7.66. The molecule has 0 aromatic carbocycles. The molecule has 0 unspecified atom stereocenters. The fourth-order valence-corrected chi connectivity index (χ4v) is 1.57. The predicted molar refractivity (Wildman–Crippen MR) is 86.4 cm³/mol. The molecule has 0 spiro atoms. The molecule has 2 atom stereocenters. The van der Waals surface area contributed by atoms with Crippen LogP contribution in [0.3, 0.4) is 0 Å². The number of nitrogens with one attached hydrogen (secondary N) is 2. The van der Waals surface area contributed by atoms with Crippen LogP contribution in [0, 0.1) is 0 Å². The van der Waals surface area contributed by atoms with Gasteiger partial charge in [-0.3, -0.25) is 9.59 Å². The van der Waals surface area contributed by atoms with Crippen molar-refractivity contribution in [3.8, 4) is 0 Å². The molecule has 0 saturated carbocycles. The van der Waals surface area contributed by atoms with Crippen LogP contribution >= 0.6 is 0 Å². The molecule has 0 saturated heterocycles. The van der Waals surface area contributed by atoms with Crippen molar-refractivity contribution in [2.45, 2.75) is 38.8 Å². The van der Waals surface area contributed by atoms with Crippen LogP contribution < -0.4 is 21.5 Å². The molecule has 0 bridgehead atoms. The molecule has 9 heteroatoms. The van der Waals surface area contributed by atoms with E-state index in [4.69, 9.17) is 4.74 Å². The lowest BCUT2D eigenvalue weighted by Gasteiger charge is -2.21. The van der Waals surface area contributed by atoms with E-state index in [9.17, 15) is 24.3 Å². The zero-order valence-corrected chi connectivity index (χ0v) is 14.6. The van der Waals surface area contributed by atoms with Gasteiger partial charge in [0, 0.05) is 24.1 Å². The highest BCUT2D eigenvalue weighted by Gasteiger charge is 2.22. The van der Waals surface area contributed by atoms with E-state index >= 15 is 0 Å².